The minimum atomic E-state index is -0.754. The van der Waals surface area contributed by atoms with E-state index in [9.17, 15) is 9.90 Å². The molecule has 1 aliphatic rings. The molecular weight excluding hydrogens is 266 g/mol. The van der Waals surface area contributed by atoms with Crippen molar-refractivity contribution in [2.75, 3.05) is 6.54 Å². The molecule has 5 nitrogen and oxygen atoms in total. The lowest BCUT2D eigenvalue weighted by atomic mass is 9.90. The smallest absolute Gasteiger partial charge is 0.312 e. The third kappa shape index (κ3) is 2.69. The summed E-state index contributed by atoms with van der Waals surface area (Å²) in [6.07, 6.45) is 1.80. The van der Waals surface area contributed by atoms with E-state index in [-0.39, 0.29) is 0 Å². The van der Waals surface area contributed by atoms with Crippen molar-refractivity contribution in [2.45, 2.75) is 32.5 Å². The Hall–Kier alpha value is -2.14. The molecule has 1 atom stereocenters. The normalized spacial score (nSPS) is 18.4. The van der Waals surface area contributed by atoms with Gasteiger partial charge in [-0.15, -0.1) is 0 Å². The van der Waals surface area contributed by atoms with E-state index < -0.39 is 11.9 Å². The Morgan fingerprint density at radius 2 is 2.19 bits per heavy atom. The van der Waals surface area contributed by atoms with Crippen molar-refractivity contribution in [3.8, 4) is 0 Å². The van der Waals surface area contributed by atoms with Crippen LogP contribution in [0.25, 0.3) is 0 Å². The Morgan fingerprint density at radius 1 is 1.38 bits per heavy atom. The highest BCUT2D eigenvalue weighted by atomic mass is 16.4. The number of hydrogen-bond acceptors (Lipinski definition) is 3. The molecule has 5 heteroatoms. The number of fused-ring (bicyclic) bond motifs is 1. The highest BCUT2D eigenvalue weighted by Crippen LogP contribution is 2.29. The first-order chi connectivity index (χ1) is 10.2. The van der Waals surface area contributed by atoms with Gasteiger partial charge in [-0.1, -0.05) is 24.3 Å². The molecule has 3 rings (SSSR count). The number of carboxylic acids is 1. The molecule has 0 spiro atoms. The van der Waals surface area contributed by atoms with Gasteiger partial charge in [0, 0.05) is 32.4 Å². The van der Waals surface area contributed by atoms with Gasteiger partial charge in [-0.05, 0) is 24.1 Å². The molecule has 0 saturated heterocycles. The fourth-order valence-electron chi connectivity index (χ4n) is 3.02. The summed E-state index contributed by atoms with van der Waals surface area (Å²) >= 11 is 0. The van der Waals surface area contributed by atoms with Crippen LogP contribution in [0.2, 0.25) is 0 Å². The first-order valence-corrected chi connectivity index (χ1v) is 7.22. The van der Waals surface area contributed by atoms with Crippen LogP contribution in [0.1, 0.15) is 29.7 Å². The third-order valence-electron chi connectivity index (χ3n) is 4.05. The molecule has 1 aromatic carbocycles. The average Bonchev–Trinajstić information content (AvgIpc) is 2.93. The SMILES string of the molecule is CCn1nccc1CN1Cc2ccccc2C(C(=O)O)C1. The van der Waals surface area contributed by atoms with Crippen LogP contribution in [0.15, 0.2) is 36.5 Å². The van der Waals surface area contributed by atoms with Crippen LogP contribution in [0.3, 0.4) is 0 Å². The van der Waals surface area contributed by atoms with Crippen molar-refractivity contribution >= 4 is 5.97 Å². The van der Waals surface area contributed by atoms with Gasteiger partial charge < -0.3 is 5.11 Å². The van der Waals surface area contributed by atoms with E-state index in [0.29, 0.717) is 6.54 Å². The van der Waals surface area contributed by atoms with Gasteiger partial charge in [-0.25, -0.2) is 0 Å². The van der Waals surface area contributed by atoms with Gasteiger partial charge in [0.25, 0.3) is 0 Å². The molecule has 2 heterocycles. The number of hydrogen-bond donors (Lipinski definition) is 1. The first kappa shape index (κ1) is 13.8. The quantitative estimate of drug-likeness (QED) is 0.934. The molecule has 0 fully saturated rings. The van der Waals surface area contributed by atoms with Crippen molar-refractivity contribution in [1.82, 2.24) is 14.7 Å². The maximum Gasteiger partial charge on any atom is 0.312 e. The minimum absolute atomic E-state index is 0.451. The predicted molar refractivity (Wildman–Crippen MR) is 78.8 cm³/mol. The molecule has 2 aromatic rings. The fourth-order valence-corrected chi connectivity index (χ4v) is 3.02. The highest BCUT2D eigenvalue weighted by molar-refractivity contribution is 5.77. The highest BCUT2D eigenvalue weighted by Gasteiger charge is 2.30. The van der Waals surface area contributed by atoms with E-state index >= 15 is 0 Å². The lowest BCUT2D eigenvalue weighted by Crippen LogP contribution is -2.36. The zero-order valence-corrected chi connectivity index (χ0v) is 12.1. The van der Waals surface area contributed by atoms with E-state index in [1.807, 2.05) is 35.0 Å². The second-order valence-corrected chi connectivity index (χ2v) is 5.40. The van der Waals surface area contributed by atoms with Crippen molar-refractivity contribution in [3.63, 3.8) is 0 Å². The topological polar surface area (TPSA) is 58.4 Å². The fraction of sp³-hybridized carbons (Fsp3) is 0.375. The summed E-state index contributed by atoms with van der Waals surface area (Å²) in [6.45, 7) is 4.94. The number of aromatic nitrogens is 2. The molecule has 1 aromatic heterocycles. The lowest BCUT2D eigenvalue weighted by Gasteiger charge is -2.32. The monoisotopic (exact) mass is 285 g/mol. The standard InChI is InChI=1S/C16H19N3O2/c1-2-19-13(7-8-17-19)10-18-9-12-5-3-4-6-14(12)15(11-18)16(20)21/h3-8,15H,2,9-11H2,1H3,(H,20,21). The summed E-state index contributed by atoms with van der Waals surface area (Å²) in [4.78, 5) is 13.7. The van der Waals surface area contributed by atoms with Crippen molar-refractivity contribution < 1.29 is 9.90 Å². The van der Waals surface area contributed by atoms with Crippen molar-refractivity contribution in [3.05, 3.63) is 53.3 Å². The Balaban J connectivity index is 1.85. The zero-order chi connectivity index (χ0) is 14.8. The Morgan fingerprint density at radius 3 is 2.95 bits per heavy atom. The third-order valence-corrected chi connectivity index (χ3v) is 4.05. The van der Waals surface area contributed by atoms with Crippen molar-refractivity contribution in [1.29, 1.82) is 0 Å². The number of aryl methyl sites for hydroxylation is 1. The summed E-state index contributed by atoms with van der Waals surface area (Å²) in [5, 5.41) is 13.8. The van der Waals surface area contributed by atoms with E-state index in [2.05, 4.69) is 16.9 Å². The van der Waals surface area contributed by atoms with Gasteiger partial charge in [0.05, 0.1) is 11.6 Å². The molecule has 1 unspecified atom stereocenters. The van der Waals surface area contributed by atoms with Crippen LogP contribution in [0.4, 0.5) is 0 Å². The second-order valence-electron chi connectivity index (χ2n) is 5.40. The summed E-state index contributed by atoms with van der Waals surface area (Å²) in [5.74, 6) is -1.20. The molecule has 21 heavy (non-hydrogen) atoms. The Bertz CT molecular complexity index is 650. The number of carbonyl (C=O) groups is 1. The number of aliphatic carboxylic acids is 1. The van der Waals surface area contributed by atoms with Crippen LogP contribution < -0.4 is 0 Å². The van der Waals surface area contributed by atoms with E-state index in [0.717, 1.165) is 36.5 Å². The molecule has 0 saturated carbocycles. The molecule has 0 radical (unpaired) electrons. The Labute approximate surface area is 123 Å². The molecule has 0 aliphatic carbocycles. The maximum atomic E-state index is 11.5. The molecule has 110 valence electrons. The summed E-state index contributed by atoms with van der Waals surface area (Å²) in [7, 11) is 0. The van der Waals surface area contributed by atoms with Crippen LogP contribution >= 0.6 is 0 Å². The van der Waals surface area contributed by atoms with Gasteiger partial charge in [-0.2, -0.15) is 5.10 Å². The van der Waals surface area contributed by atoms with Gasteiger partial charge >= 0.3 is 5.97 Å². The van der Waals surface area contributed by atoms with E-state index in [1.54, 1.807) is 6.20 Å². The summed E-state index contributed by atoms with van der Waals surface area (Å²) < 4.78 is 1.95. The molecule has 1 aliphatic heterocycles. The second kappa shape index (κ2) is 5.69. The largest absolute Gasteiger partial charge is 0.481 e. The molecular formula is C16H19N3O2. The number of rotatable bonds is 4. The number of carboxylic acid groups (broad SMARTS) is 1. The minimum Gasteiger partial charge on any atom is -0.481 e. The average molecular weight is 285 g/mol. The molecule has 0 bridgehead atoms. The number of nitrogens with zero attached hydrogens (tertiary/aromatic N) is 3. The lowest BCUT2D eigenvalue weighted by molar-refractivity contribution is -0.139. The Kier molecular flexibility index (Phi) is 3.75. The summed E-state index contributed by atoms with van der Waals surface area (Å²) in [6, 6.07) is 9.84. The first-order valence-electron chi connectivity index (χ1n) is 7.22. The van der Waals surface area contributed by atoms with Crippen molar-refractivity contribution in [2.24, 2.45) is 0 Å². The van der Waals surface area contributed by atoms with Crippen LogP contribution in [0.5, 0.6) is 0 Å². The van der Waals surface area contributed by atoms with E-state index in [4.69, 9.17) is 0 Å². The van der Waals surface area contributed by atoms with Gasteiger partial charge in [0.1, 0.15) is 0 Å². The predicted octanol–water partition coefficient (Wildman–Crippen LogP) is 2.09. The van der Waals surface area contributed by atoms with Crippen LogP contribution in [0, 0.1) is 0 Å². The molecule has 1 N–H and O–H groups in total. The van der Waals surface area contributed by atoms with Gasteiger partial charge in [0.2, 0.25) is 0 Å². The van der Waals surface area contributed by atoms with Crippen LogP contribution in [-0.4, -0.2) is 32.3 Å². The molecule has 0 amide bonds. The van der Waals surface area contributed by atoms with Gasteiger partial charge in [0.15, 0.2) is 0 Å². The zero-order valence-electron chi connectivity index (χ0n) is 12.1. The number of benzene rings is 1. The van der Waals surface area contributed by atoms with Crippen LogP contribution in [-0.2, 0) is 24.4 Å². The van der Waals surface area contributed by atoms with E-state index in [1.165, 1.54) is 0 Å². The van der Waals surface area contributed by atoms with Gasteiger partial charge in [-0.3, -0.25) is 14.4 Å². The summed E-state index contributed by atoms with van der Waals surface area (Å²) in [5.41, 5.74) is 3.19. The maximum absolute atomic E-state index is 11.5.